The molecule has 0 bridgehead atoms. The lowest BCUT2D eigenvalue weighted by Crippen LogP contribution is -2.00. The van der Waals surface area contributed by atoms with Gasteiger partial charge in [0.05, 0.1) is 19.8 Å². The Labute approximate surface area is 50.8 Å². The van der Waals surface area contributed by atoms with Crippen molar-refractivity contribution in [2.24, 2.45) is 0 Å². The molecule has 0 unspecified atom stereocenters. The Morgan fingerprint density at radius 1 is 1.38 bits per heavy atom. The molecule has 8 heavy (non-hydrogen) atoms. The normalized spacial score (nSPS) is 9.75. The molecule has 0 aliphatic rings. The summed E-state index contributed by atoms with van der Waals surface area (Å²) in [5, 5.41) is 0. The van der Waals surface area contributed by atoms with Crippen molar-refractivity contribution in [3.63, 3.8) is 0 Å². The number of hydrogen-bond donors (Lipinski definition) is 0. The van der Waals surface area contributed by atoms with Crippen molar-refractivity contribution in [2.75, 3.05) is 19.8 Å². The van der Waals surface area contributed by atoms with E-state index in [1.165, 1.54) is 0 Å². The van der Waals surface area contributed by atoms with Crippen LogP contribution >= 0.6 is 0 Å². The maximum Gasteiger partial charge on any atom is 0.0807 e. The zero-order chi connectivity index (χ0) is 6.24. The molecule has 2 nitrogen and oxygen atoms in total. The monoisotopic (exact) mass is 117 g/mol. The van der Waals surface area contributed by atoms with Gasteiger partial charge in [-0.25, -0.2) is 0 Å². The summed E-state index contributed by atoms with van der Waals surface area (Å²) in [5.74, 6) is 0. The maximum atomic E-state index is 4.99. The second kappa shape index (κ2) is 6.92. The van der Waals surface area contributed by atoms with Crippen molar-refractivity contribution >= 4 is 0 Å². The molecule has 1 radical (unpaired) electrons. The molecule has 0 heterocycles. The lowest BCUT2D eigenvalue weighted by Gasteiger charge is -1.98. The van der Waals surface area contributed by atoms with E-state index in [1.54, 1.807) is 6.61 Å². The Morgan fingerprint density at radius 3 is 2.62 bits per heavy atom. The highest BCUT2D eigenvalue weighted by atomic mass is 16.5. The van der Waals surface area contributed by atoms with Gasteiger partial charge < -0.3 is 9.47 Å². The lowest BCUT2D eigenvalue weighted by atomic mass is 10.7. The quantitative estimate of drug-likeness (QED) is 0.504. The molecule has 0 spiro atoms. The second-order valence-corrected chi connectivity index (χ2v) is 1.30. The van der Waals surface area contributed by atoms with Crippen LogP contribution in [0.2, 0.25) is 0 Å². The molecule has 0 fully saturated rings. The first-order valence-electron chi connectivity index (χ1n) is 2.89. The van der Waals surface area contributed by atoms with Crippen LogP contribution in [0.1, 0.15) is 13.8 Å². The van der Waals surface area contributed by atoms with Gasteiger partial charge in [0.2, 0.25) is 0 Å². The van der Waals surface area contributed by atoms with Crippen LogP contribution in [-0.4, -0.2) is 19.8 Å². The standard InChI is InChI=1S/C6H13O2/c1-3-7-5-6-8-4-2/h3H,4-6H2,1-2H3. The smallest absolute Gasteiger partial charge is 0.0807 e. The van der Waals surface area contributed by atoms with E-state index in [2.05, 4.69) is 0 Å². The van der Waals surface area contributed by atoms with Crippen molar-refractivity contribution in [1.29, 1.82) is 0 Å². The predicted octanol–water partition coefficient (Wildman–Crippen LogP) is 1.22. The summed E-state index contributed by atoms with van der Waals surface area (Å²) in [6, 6.07) is 0. The van der Waals surface area contributed by atoms with E-state index in [9.17, 15) is 0 Å². The molecule has 0 N–H and O–H groups in total. The summed E-state index contributed by atoms with van der Waals surface area (Å²) < 4.78 is 9.88. The van der Waals surface area contributed by atoms with Gasteiger partial charge in [0, 0.05) is 6.61 Å². The van der Waals surface area contributed by atoms with Gasteiger partial charge >= 0.3 is 0 Å². The lowest BCUT2D eigenvalue weighted by molar-refractivity contribution is 0.0803. The molecule has 0 saturated carbocycles. The van der Waals surface area contributed by atoms with E-state index < -0.39 is 0 Å². The van der Waals surface area contributed by atoms with E-state index in [1.807, 2.05) is 13.8 Å². The van der Waals surface area contributed by atoms with Gasteiger partial charge in [0.25, 0.3) is 0 Å². The second-order valence-electron chi connectivity index (χ2n) is 1.30. The summed E-state index contributed by atoms with van der Waals surface area (Å²) in [5.41, 5.74) is 0. The van der Waals surface area contributed by atoms with E-state index in [0.717, 1.165) is 6.61 Å². The molecule has 0 atom stereocenters. The van der Waals surface area contributed by atoms with Crippen LogP contribution in [0.25, 0.3) is 0 Å². The number of hydrogen-bond acceptors (Lipinski definition) is 2. The highest BCUT2D eigenvalue weighted by Crippen LogP contribution is 1.79. The molecule has 2 heteroatoms. The van der Waals surface area contributed by atoms with Crippen LogP contribution in [-0.2, 0) is 9.47 Å². The third-order valence-corrected chi connectivity index (χ3v) is 0.716. The molecule has 0 saturated heterocycles. The molecule has 0 rings (SSSR count). The molecular formula is C6H13O2. The molecule has 0 aromatic rings. The van der Waals surface area contributed by atoms with Crippen molar-refractivity contribution in [3.05, 3.63) is 6.61 Å². The Bertz CT molecular complexity index is 31.5. The van der Waals surface area contributed by atoms with Gasteiger partial charge in [-0.3, -0.25) is 0 Å². The van der Waals surface area contributed by atoms with Crippen LogP contribution < -0.4 is 0 Å². The fourth-order valence-corrected chi connectivity index (χ4v) is 0.369. The zero-order valence-corrected chi connectivity index (χ0v) is 5.52. The molecule has 0 aliphatic heterocycles. The van der Waals surface area contributed by atoms with Gasteiger partial charge in [0.15, 0.2) is 0 Å². The van der Waals surface area contributed by atoms with Crippen molar-refractivity contribution < 1.29 is 9.47 Å². The van der Waals surface area contributed by atoms with Crippen LogP contribution in [0.5, 0.6) is 0 Å². The molecule has 49 valence electrons. The van der Waals surface area contributed by atoms with E-state index in [4.69, 9.17) is 9.47 Å². The molecule has 0 aliphatic carbocycles. The summed E-state index contributed by atoms with van der Waals surface area (Å²) in [6.45, 7) is 7.62. The van der Waals surface area contributed by atoms with Gasteiger partial charge in [-0.1, -0.05) is 0 Å². The van der Waals surface area contributed by atoms with Crippen LogP contribution in [0.15, 0.2) is 0 Å². The van der Waals surface area contributed by atoms with E-state index in [0.29, 0.717) is 13.2 Å². The Balaban J connectivity index is 2.53. The van der Waals surface area contributed by atoms with Crippen LogP contribution in [0, 0.1) is 6.61 Å². The molecular weight excluding hydrogens is 104 g/mol. The van der Waals surface area contributed by atoms with E-state index in [-0.39, 0.29) is 0 Å². The number of ether oxygens (including phenoxy) is 2. The SMILES string of the molecule is C[CH]OCCOCC. The minimum absolute atomic E-state index is 0.671. The molecule has 0 amide bonds. The fourth-order valence-electron chi connectivity index (χ4n) is 0.369. The van der Waals surface area contributed by atoms with Gasteiger partial charge in [-0.15, -0.1) is 0 Å². The van der Waals surface area contributed by atoms with Gasteiger partial charge in [0.1, 0.15) is 0 Å². The summed E-state index contributed by atoms with van der Waals surface area (Å²) >= 11 is 0. The largest absolute Gasteiger partial charge is 0.379 e. The van der Waals surface area contributed by atoms with Crippen molar-refractivity contribution in [3.8, 4) is 0 Å². The number of rotatable bonds is 5. The fraction of sp³-hybridized carbons (Fsp3) is 0.833. The summed E-state index contributed by atoms with van der Waals surface area (Å²) in [6.07, 6.45) is 0. The zero-order valence-electron chi connectivity index (χ0n) is 5.52. The summed E-state index contributed by atoms with van der Waals surface area (Å²) in [4.78, 5) is 0. The minimum Gasteiger partial charge on any atom is -0.379 e. The molecule has 0 aromatic heterocycles. The van der Waals surface area contributed by atoms with Gasteiger partial charge in [-0.05, 0) is 13.8 Å². The predicted molar refractivity (Wildman–Crippen MR) is 32.4 cm³/mol. The van der Waals surface area contributed by atoms with Crippen LogP contribution in [0.3, 0.4) is 0 Å². The first kappa shape index (κ1) is 7.92. The maximum absolute atomic E-state index is 4.99. The molecule has 0 aromatic carbocycles. The average molecular weight is 117 g/mol. The Morgan fingerprint density at radius 2 is 2.12 bits per heavy atom. The minimum atomic E-state index is 0.671. The Kier molecular flexibility index (Phi) is 6.85. The van der Waals surface area contributed by atoms with E-state index >= 15 is 0 Å². The van der Waals surface area contributed by atoms with Crippen molar-refractivity contribution in [2.45, 2.75) is 13.8 Å². The third kappa shape index (κ3) is 5.92. The first-order valence-corrected chi connectivity index (χ1v) is 2.89. The highest BCUT2D eigenvalue weighted by molar-refractivity contribution is 4.34. The first-order chi connectivity index (χ1) is 3.91. The third-order valence-electron chi connectivity index (χ3n) is 0.716. The van der Waals surface area contributed by atoms with Crippen LogP contribution in [0.4, 0.5) is 0 Å². The van der Waals surface area contributed by atoms with Gasteiger partial charge in [-0.2, -0.15) is 0 Å². The summed E-state index contributed by atoms with van der Waals surface area (Å²) in [7, 11) is 0. The topological polar surface area (TPSA) is 18.5 Å². The Hall–Kier alpha value is -0.0800. The average Bonchev–Trinajstić information content (AvgIpc) is 1.81. The highest BCUT2D eigenvalue weighted by Gasteiger charge is 1.81. The van der Waals surface area contributed by atoms with Crippen molar-refractivity contribution in [1.82, 2.24) is 0 Å².